The lowest BCUT2D eigenvalue weighted by Crippen LogP contribution is -2.30. The Kier molecular flexibility index (Phi) is 5.96. The maximum absolute atomic E-state index is 12.6. The maximum atomic E-state index is 12.6. The predicted octanol–water partition coefficient (Wildman–Crippen LogP) is 0.787. The number of hydrogen-bond acceptors (Lipinski definition) is 5. The molecular formula is C20H19BN2O4. The van der Waals surface area contributed by atoms with Crippen molar-refractivity contribution in [3.8, 4) is 0 Å². The lowest BCUT2D eigenvalue weighted by molar-refractivity contribution is 0.0981. The average Bonchev–Trinajstić information content (AvgIpc) is 2.69. The van der Waals surface area contributed by atoms with Gasteiger partial charge >= 0.3 is 7.12 Å². The Labute approximate surface area is 156 Å². The van der Waals surface area contributed by atoms with Gasteiger partial charge in [0.25, 0.3) is 5.56 Å². The number of Topliss-reactive ketones (excluding diaryl/α,β-unsaturated/α-hetero) is 1. The zero-order valence-corrected chi connectivity index (χ0v) is 14.7. The number of rotatable bonds is 7. The number of aromatic nitrogens is 2. The molecule has 3 aromatic rings. The van der Waals surface area contributed by atoms with E-state index in [2.05, 4.69) is 4.98 Å². The lowest BCUT2D eigenvalue weighted by Gasteiger charge is -2.08. The van der Waals surface area contributed by atoms with Gasteiger partial charge in [-0.15, -0.1) is 0 Å². The molecule has 2 aromatic heterocycles. The summed E-state index contributed by atoms with van der Waals surface area (Å²) in [4.78, 5) is 29.2. The first-order valence-corrected chi connectivity index (χ1v) is 8.61. The van der Waals surface area contributed by atoms with Crippen LogP contribution in [0.15, 0.2) is 71.9 Å². The first kappa shape index (κ1) is 18.8. The molecule has 3 rings (SSSR count). The number of carbonyl (C=O) groups is 1. The van der Waals surface area contributed by atoms with E-state index in [0.717, 1.165) is 11.1 Å². The Morgan fingerprint density at radius 1 is 1.07 bits per heavy atom. The number of hydrogen-bond donors (Lipinski definition) is 2. The first-order chi connectivity index (χ1) is 13.0. The molecule has 0 saturated carbocycles. The fourth-order valence-corrected chi connectivity index (χ4v) is 2.86. The van der Waals surface area contributed by atoms with Crippen molar-refractivity contribution in [1.82, 2.24) is 9.55 Å². The average molecular weight is 362 g/mol. The summed E-state index contributed by atoms with van der Waals surface area (Å²) in [5, 5.41) is 18.5. The van der Waals surface area contributed by atoms with Crippen LogP contribution in [0.1, 0.15) is 27.9 Å². The van der Waals surface area contributed by atoms with E-state index in [1.165, 1.54) is 10.6 Å². The molecule has 0 spiro atoms. The monoisotopic (exact) mass is 362 g/mol. The number of aryl methyl sites for hydroxylation is 1. The zero-order valence-electron chi connectivity index (χ0n) is 14.7. The highest BCUT2D eigenvalue weighted by molar-refractivity contribution is 6.58. The van der Waals surface area contributed by atoms with E-state index in [0.29, 0.717) is 18.4 Å². The molecule has 0 saturated heterocycles. The number of carbonyl (C=O) groups excluding carboxylic acids is 1. The summed E-state index contributed by atoms with van der Waals surface area (Å²) in [5.74, 6) is -0.240. The van der Waals surface area contributed by atoms with Crippen molar-refractivity contribution in [1.29, 1.82) is 0 Å². The van der Waals surface area contributed by atoms with Gasteiger partial charge < -0.3 is 14.6 Å². The molecule has 7 heteroatoms. The van der Waals surface area contributed by atoms with E-state index in [1.807, 2.05) is 12.1 Å². The summed E-state index contributed by atoms with van der Waals surface area (Å²) >= 11 is 0. The van der Waals surface area contributed by atoms with Crippen molar-refractivity contribution >= 4 is 18.4 Å². The van der Waals surface area contributed by atoms with Crippen LogP contribution in [0.5, 0.6) is 0 Å². The van der Waals surface area contributed by atoms with E-state index >= 15 is 0 Å². The Balaban J connectivity index is 1.73. The largest absolute Gasteiger partial charge is 0.488 e. The van der Waals surface area contributed by atoms with E-state index in [9.17, 15) is 19.6 Å². The van der Waals surface area contributed by atoms with Gasteiger partial charge in [0.15, 0.2) is 5.78 Å². The van der Waals surface area contributed by atoms with Crippen LogP contribution in [0.3, 0.4) is 0 Å². The normalized spacial score (nSPS) is 10.6. The number of nitrogens with zero attached hydrogens (tertiary/aromatic N) is 2. The van der Waals surface area contributed by atoms with E-state index in [-0.39, 0.29) is 23.3 Å². The second kappa shape index (κ2) is 8.57. The van der Waals surface area contributed by atoms with E-state index in [1.54, 1.807) is 48.9 Å². The minimum atomic E-state index is -1.55. The van der Waals surface area contributed by atoms with Crippen LogP contribution < -0.4 is 11.0 Å². The van der Waals surface area contributed by atoms with Crippen LogP contribution in [-0.4, -0.2) is 32.5 Å². The van der Waals surface area contributed by atoms with Gasteiger partial charge in [0.05, 0.1) is 12.1 Å². The Bertz CT molecular complexity index is 987. The number of pyridine rings is 2. The molecule has 2 heterocycles. The summed E-state index contributed by atoms with van der Waals surface area (Å²) < 4.78 is 1.49. The van der Waals surface area contributed by atoms with Gasteiger partial charge in [0.2, 0.25) is 0 Å². The van der Waals surface area contributed by atoms with E-state index < -0.39 is 7.12 Å². The van der Waals surface area contributed by atoms with Crippen LogP contribution in [0.25, 0.3) is 0 Å². The minimum Gasteiger partial charge on any atom is -0.423 e. The van der Waals surface area contributed by atoms with Gasteiger partial charge in [-0.3, -0.25) is 14.6 Å². The van der Waals surface area contributed by atoms with Crippen LogP contribution in [0.4, 0.5) is 0 Å². The van der Waals surface area contributed by atoms with Crippen LogP contribution >= 0.6 is 0 Å². The SMILES string of the molecule is O=C(CCc1cccc(B(O)O)c1)c1cccn(Cc2cccnc2)c1=O. The lowest BCUT2D eigenvalue weighted by atomic mass is 9.79. The van der Waals surface area contributed by atoms with Crippen molar-refractivity contribution < 1.29 is 14.8 Å². The molecule has 0 aliphatic heterocycles. The predicted molar refractivity (Wildman–Crippen MR) is 103 cm³/mol. The van der Waals surface area contributed by atoms with Crippen molar-refractivity contribution in [3.63, 3.8) is 0 Å². The summed E-state index contributed by atoms with van der Waals surface area (Å²) in [6.45, 7) is 0.351. The highest BCUT2D eigenvalue weighted by atomic mass is 16.4. The van der Waals surface area contributed by atoms with Gasteiger partial charge in [-0.1, -0.05) is 30.3 Å². The smallest absolute Gasteiger partial charge is 0.423 e. The molecule has 2 N–H and O–H groups in total. The van der Waals surface area contributed by atoms with E-state index in [4.69, 9.17) is 0 Å². The fourth-order valence-electron chi connectivity index (χ4n) is 2.86. The Morgan fingerprint density at radius 2 is 1.89 bits per heavy atom. The highest BCUT2D eigenvalue weighted by Crippen LogP contribution is 2.07. The van der Waals surface area contributed by atoms with Gasteiger partial charge in [-0.25, -0.2) is 0 Å². The zero-order chi connectivity index (χ0) is 19.2. The molecule has 0 unspecified atom stereocenters. The fraction of sp³-hybridized carbons (Fsp3) is 0.150. The first-order valence-electron chi connectivity index (χ1n) is 8.61. The molecule has 0 amide bonds. The van der Waals surface area contributed by atoms with Crippen LogP contribution in [0.2, 0.25) is 0 Å². The molecule has 0 atom stereocenters. The van der Waals surface area contributed by atoms with Crippen LogP contribution in [0, 0.1) is 0 Å². The molecule has 136 valence electrons. The molecule has 0 aliphatic carbocycles. The van der Waals surface area contributed by atoms with Gasteiger partial charge in [-0.2, -0.15) is 0 Å². The third-order valence-electron chi connectivity index (χ3n) is 4.29. The number of benzene rings is 1. The topological polar surface area (TPSA) is 92.4 Å². The van der Waals surface area contributed by atoms with Crippen molar-refractivity contribution in [3.05, 3.63) is 94.2 Å². The highest BCUT2D eigenvalue weighted by Gasteiger charge is 2.14. The summed E-state index contributed by atoms with van der Waals surface area (Å²) in [5.41, 5.74) is 1.88. The Morgan fingerprint density at radius 3 is 2.63 bits per heavy atom. The molecule has 0 radical (unpaired) electrons. The second-order valence-electron chi connectivity index (χ2n) is 6.26. The molecule has 0 bridgehead atoms. The second-order valence-corrected chi connectivity index (χ2v) is 6.26. The third-order valence-corrected chi connectivity index (χ3v) is 4.29. The molecule has 0 fully saturated rings. The van der Waals surface area contributed by atoms with Crippen molar-refractivity contribution in [2.24, 2.45) is 0 Å². The summed E-state index contributed by atoms with van der Waals surface area (Å²) in [6.07, 6.45) is 5.58. The number of ketones is 1. The van der Waals surface area contributed by atoms with Crippen molar-refractivity contribution in [2.45, 2.75) is 19.4 Å². The summed E-state index contributed by atoms with van der Waals surface area (Å²) in [6, 6.07) is 13.7. The van der Waals surface area contributed by atoms with Gasteiger partial charge in [-0.05, 0) is 41.2 Å². The Hall–Kier alpha value is -3.03. The standard InChI is InChI=1S/C20H19BN2O4/c24-19(9-8-15-4-1-6-17(12-15)21(26)27)18-7-3-11-23(20(18)25)14-16-5-2-10-22-13-16/h1-7,10-13,26-27H,8-9,14H2. The molecular weight excluding hydrogens is 343 g/mol. The molecule has 0 aliphatic rings. The minimum absolute atomic E-state index is 0.153. The third kappa shape index (κ3) is 4.78. The maximum Gasteiger partial charge on any atom is 0.488 e. The quantitative estimate of drug-likeness (QED) is 0.479. The van der Waals surface area contributed by atoms with Crippen LogP contribution in [-0.2, 0) is 13.0 Å². The molecule has 1 aromatic carbocycles. The molecule has 27 heavy (non-hydrogen) atoms. The van der Waals surface area contributed by atoms with Gasteiger partial charge in [0, 0.05) is 25.0 Å². The summed E-state index contributed by atoms with van der Waals surface area (Å²) in [7, 11) is -1.55. The van der Waals surface area contributed by atoms with Crippen molar-refractivity contribution in [2.75, 3.05) is 0 Å². The molecule has 6 nitrogen and oxygen atoms in total. The van der Waals surface area contributed by atoms with Gasteiger partial charge in [0.1, 0.15) is 0 Å².